The third kappa shape index (κ3) is 1.99. The number of β-amino-alcohol motifs (C(OH)–C–C–N with tert-alkyl or cyclic N) is 1. The number of hydrogen-bond acceptors (Lipinski definition) is 4. The third-order valence-corrected chi connectivity index (χ3v) is 2.15. The molecule has 2 heterocycles. The molecule has 1 saturated heterocycles. The second-order valence-corrected chi connectivity index (χ2v) is 3.22. The lowest BCUT2D eigenvalue weighted by molar-refractivity contribution is 0.184. The summed E-state index contributed by atoms with van der Waals surface area (Å²) in [5, 5.41) is 12.7. The molecule has 0 aliphatic carbocycles. The van der Waals surface area contributed by atoms with Gasteiger partial charge in [-0.05, 0) is 0 Å². The Morgan fingerprint density at radius 1 is 1.62 bits per heavy atom. The van der Waals surface area contributed by atoms with E-state index in [9.17, 15) is 5.11 Å². The van der Waals surface area contributed by atoms with Crippen molar-refractivity contribution in [1.82, 2.24) is 15.3 Å². The van der Waals surface area contributed by atoms with Crippen LogP contribution in [0.3, 0.4) is 0 Å². The molecule has 5 heteroatoms. The maximum atomic E-state index is 9.51. The number of aliphatic hydroxyl groups is 1. The average Bonchev–Trinajstić information content (AvgIpc) is 2.56. The van der Waals surface area contributed by atoms with Crippen molar-refractivity contribution in [2.75, 3.05) is 31.1 Å². The lowest BCUT2D eigenvalue weighted by atomic mass is 10.3. The number of aliphatic hydroxyl groups excluding tert-OH is 1. The summed E-state index contributed by atoms with van der Waals surface area (Å²) in [6.45, 7) is 3.07. The molecule has 1 atom stereocenters. The Kier molecular flexibility index (Phi) is 2.47. The Morgan fingerprint density at radius 3 is 3.31 bits per heavy atom. The first kappa shape index (κ1) is 8.52. The molecule has 0 bridgehead atoms. The highest BCUT2D eigenvalue weighted by atomic mass is 16.3. The molecule has 2 rings (SSSR count). The lowest BCUT2D eigenvalue weighted by Gasteiger charge is -2.20. The maximum absolute atomic E-state index is 9.51. The summed E-state index contributed by atoms with van der Waals surface area (Å²) in [5.74, 6) is 0.836. The highest BCUT2D eigenvalue weighted by Gasteiger charge is 2.16. The lowest BCUT2D eigenvalue weighted by Crippen LogP contribution is -2.33. The molecule has 1 aliphatic rings. The van der Waals surface area contributed by atoms with Gasteiger partial charge in [0.15, 0.2) is 0 Å². The van der Waals surface area contributed by atoms with Crippen LogP contribution < -0.4 is 10.2 Å². The van der Waals surface area contributed by atoms with Crippen LogP contribution in [0.2, 0.25) is 0 Å². The second kappa shape index (κ2) is 3.76. The SMILES string of the molecule is OC1CNCCN(c2ncc[nH]2)C1. The first-order valence-electron chi connectivity index (χ1n) is 4.49. The maximum Gasteiger partial charge on any atom is 0.202 e. The molecule has 0 radical (unpaired) electrons. The number of rotatable bonds is 1. The second-order valence-electron chi connectivity index (χ2n) is 3.22. The van der Waals surface area contributed by atoms with Crippen molar-refractivity contribution < 1.29 is 5.11 Å². The van der Waals surface area contributed by atoms with Crippen molar-refractivity contribution in [3.63, 3.8) is 0 Å². The molecule has 1 fully saturated rings. The average molecular weight is 182 g/mol. The van der Waals surface area contributed by atoms with E-state index >= 15 is 0 Å². The topological polar surface area (TPSA) is 64.2 Å². The van der Waals surface area contributed by atoms with Gasteiger partial charge < -0.3 is 20.3 Å². The summed E-state index contributed by atoms with van der Waals surface area (Å²) in [6, 6.07) is 0. The number of H-pyrrole nitrogens is 1. The number of nitrogens with zero attached hydrogens (tertiary/aromatic N) is 2. The van der Waals surface area contributed by atoms with Gasteiger partial charge in [-0.1, -0.05) is 0 Å². The fourth-order valence-electron chi connectivity index (χ4n) is 1.52. The van der Waals surface area contributed by atoms with Crippen molar-refractivity contribution in [2.45, 2.75) is 6.10 Å². The van der Waals surface area contributed by atoms with Crippen LogP contribution >= 0.6 is 0 Å². The molecule has 5 nitrogen and oxygen atoms in total. The summed E-state index contributed by atoms with van der Waals surface area (Å²) in [4.78, 5) is 9.22. The van der Waals surface area contributed by atoms with Crippen LogP contribution in [-0.2, 0) is 0 Å². The van der Waals surface area contributed by atoms with Crippen molar-refractivity contribution in [1.29, 1.82) is 0 Å². The van der Waals surface area contributed by atoms with Gasteiger partial charge in [-0.15, -0.1) is 0 Å². The summed E-state index contributed by atoms with van der Waals surface area (Å²) < 4.78 is 0. The Labute approximate surface area is 76.8 Å². The van der Waals surface area contributed by atoms with Crippen molar-refractivity contribution in [3.8, 4) is 0 Å². The smallest absolute Gasteiger partial charge is 0.202 e. The molecule has 0 spiro atoms. The van der Waals surface area contributed by atoms with Crippen LogP contribution in [0.5, 0.6) is 0 Å². The van der Waals surface area contributed by atoms with Crippen LogP contribution in [0, 0.1) is 0 Å². The van der Waals surface area contributed by atoms with Gasteiger partial charge >= 0.3 is 0 Å². The molecular formula is C8H14N4O. The standard InChI is InChI=1S/C8H14N4O/c13-7-5-9-3-4-12(6-7)8-10-1-2-11-8/h1-2,7,9,13H,3-6H2,(H,10,11). The zero-order valence-corrected chi connectivity index (χ0v) is 7.40. The third-order valence-electron chi connectivity index (χ3n) is 2.15. The van der Waals surface area contributed by atoms with Crippen molar-refractivity contribution >= 4 is 5.95 Å². The molecule has 0 amide bonds. The zero-order chi connectivity index (χ0) is 9.10. The van der Waals surface area contributed by atoms with E-state index in [1.54, 1.807) is 12.4 Å². The van der Waals surface area contributed by atoms with E-state index in [2.05, 4.69) is 15.3 Å². The van der Waals surface area contributed by atoms with E-state index < -0.39 is 0 Å². The highest BCUT2D eigenvalue weighted by Crippen LogP contribution is 2.07. The van der Waals surface area contributed by atoms with Gasteiger partial charge in [-0.3, -0.25) is 0 Å². The van der Waals surface area contributed by atoms with E-state index in [4.69, 9.17) is 0 Å². The Bertz CT molecular complexity index is 249. The monoisotopic (exact) mass is 182 g/mol. The summed E-state index contributed by atoms with van der Waals surface area (Å²) in [7, 11) is 0. The summed E-state index contributed by atoms with van der Waals surface area (Å²) in [6.07, 6.45) is 3.20. The van der Waals surface area contributed by atoms with Crippen LogP contribution in [-0.4, -0.2) is 47.4 Å². The van der Waals surface area contributed by atoms with Crippen molar-refractivity contribution in [3.05, 3.63) is 12.4 Å². The predicted molar refractivity (Wildman–Crippen MR) is 49.7 cm³/mol. The molecule has 13 heavy (non-hydrogen) atoms. The molecule has 0 aromatic carbocycles. The molecule has 1 aliphatic heterocycles. The van der Waals surface area contributed by atoms with E-state index in [-0.39, 0.29) is 6.10 Å². The number of imidazole rings is 1. The van der Waals surface area contributed by atoms with Gasteiger partial charge in [-0.25, -0.2) is 4.98 Å². The molecule has 0 saturated carbocycles. The zero-order valence-electron chi connectivity index (χ0n) is 7.40. The van der Waals surface area contributed by atoms with E-state index in [0.29, 0.717) is 13.1 Å². The van der Waals surface area contributed by atoms with E-state index in [1.165, 1.54) is 0 Å². The van der Waals surface area contributed by atoms with Gasteiger partial charge in [-0.2, -0.15) is 0 Å². The molecule has 1 aromatic rings. The van der Waals surface area contributed by atoms with Gasteiger partial charge in [0.1, 0.15) is 0 Å². The minimum absolute atomic E-state index is 0.312. The highest BCUT2D eigenvalue weighted by molar-refractivity contribution is 5.29. The first-order valence-corrected chi connectivity index (χ1v) is 4.49. The number of hydrogen-bond donors (Lipinski definition) is 3. The Hall–Kier alpha value is -1.07. The van der Waals surface area contributed by atoms with Crippen LogP contribution in [0.25, 0.3) is 0 Å². The Morgan fingerprint density at radius 2 is 2.54 bits per heavy atom. The minimum atomic E-state index is -0.312. The van der Waals surface area contributed by atoms with Crippen LogP contribution in [0.4, 0.5) is 5.95 Å². The molecule has 1 aromatic heterocycles. The normalized spacial score (nSPS) is 24.4. The number of aromatic nitrogens is 2. The first-order chi connectivity index (χ1) is 6.36. The largest absolute Gasteiger partial charge is 0.390 e. The minimum Gasteiger partial charge on any atom is -0.390 e. The quantitative estimate of drug-likeness (QED) is 0.531. The van der Waals surface area contributed by atoms with Crippen LogP contribution in [0.1, 0.15) is 0 Å². The van der Waals surface area contributed by atoms with E-state index in [1.807, 2.05) is 4.90 Å². The fraction of sp³-hybridized carbons (Fsp3) is 0.625. The fourth-order valence-corrected chi connectivity index (χ4v) is 1.52. The summed E-state index contributed by atoms with van der Waals surface area (Å²) in [5.41, 5.74) is 0. The Balaban J connectivity index is 2.05. The summed E-state index contributed by atoms with van der Waals surface area (Å²) >= 11 is 0. The number of nitrogens with one attached hydrogen (secondary N) is 2. The molecule has 3 N–H and O–H groups in total. The van der Waals surface area contributed by atoms with Gasteiger partial charge in [0.05, 0.1) is 6.10 Å². The van der Waals surface area contributed by atoms with Gasteiger partial charge in [0, 0.05) is 38.6 Å². The molecule has 1 unspecified atom stereocenters. The molecule has 72 valence electrons. The van der Waals surface area contributed by atoms with E-state index in [0.717, 1.165) is 19.0 Å². The van der Waals surface area contributed by atoms with Crippen molar-refractivity contribution in [2.24, 2.45) is 0 Å². The number of aromatic amines is 1. The van der Waals surface area contributed by atoms with Gasteiger partial charge in [0.2, 0.25) is 5.95 Å². The predicted octanol–water partition coefficient (Wildman–Crippen LogP) is -0.820. The van der Waals surface area contributed by atoms with Crippen LogP contribution in [0.15, 0.2) is 12.4 Å². The molecular weight excluding hydrogens is 168 g/mol. The van der Waals surface area contributed by atoms with Gasteiger partial charge in [0.25, 0.3) is 0 Å². The number of anilines is 1.